The molecule has 370 valence electrons. The minimum Gasteiger partial charge on any atom is -0.309 e. The number of hydrogen-bond acceptors (Lipinski definition) is 10. The minimum atomic E-state index is 0.272. The zero-order chi connectivity index (χ0) is 56.8. The molecule has 12 aromatic rings. The van der Waals surface area contributed by atoms with E-state index in [-0.39, 0.29) is 11.1 Å². The Morgan fingerprint density at radius 3 is 0.695 bits per heavy atom. The molecular formula is C70H30N12. The second-order valence-electron chi connectivity index (χ2n) is 19.2. The Kier molecular flexibility index (Phi) is 12.1. The van der Waals surface area contributed by atoms with Gasteiger partial charge in [0.05, 0.1) is 138 Å². The number of rotatable bonds is 7. The number of nitrogens with zero attached hydrogens (tertiary/aromatic N) is 12. The predicted molar refractivity (Wildman–Crippen MR) is 309 cm³/mol. The Hall–Kier alpha value is -13.3. The Balaban J connectivity index is 1.12. The average Bonchev–Trinajstić information content (AvgIpc) is 4.07. The number of fused-ring (bicyclic) bond motifs is 6. The van der Waals surface area contributed by atoms with Crippen molar-refractivity contribution < 1.29 is 0 Å². The minimum absolute atomic E-state index is 0.272. The fourth-order valence-electron chi connectivity index (χ4n) is 11.1. The highest BCUT2D eigenvalue weighted by Gasteiger charge is 2.22. The van der Waals surface area contributed by atoms with Crippen molar-refractivity contribution in [3.8, 4) is 128 Å². The van der Waals surface area contributed by atoms with Gasteiger partial charge in [-0.25, -0.2) is 0 Å². The van der Waals surface area contributed by atoms with Gasteiger partial charge in [0.15, 0.2) is 0 Å². The van der Waals surface area contributed by atoms with Crippen molar-refractivity contribution in [1.82, 2.24) is 9.13 Å². The summed E-state index contributed by atoms with van der Waals surface area (Å²) in [5.41, 5.74) is 13.4. The summed E-state index contributed by atoms with van der Waals surface area (Å²) < 4.78 is 4.08. The molecule has 0 atom stereocenters. The lowest BCUT2D eigenvalue weighted by Crippen LogP contribution is -2.00. The Bertz CT molecular complexity index is 4710. The molecule has 2 heterocycles. The first-order valence-electron chi connectivity index (χ1n) is 25.2. The first kappa shape index (κ1) is 49.6. The third-order valence-corrected chi connectivity index (χ3v) is 14.9. The van der Waals surface area contributed by atoms with Gasteiger partial charge in [-0.2, -0.15) is 52.6 Å². The molecule has 0 fully saturated rings. The summed E-state index contributed by atoms with van der Waals surface area (Å²) >= 11 is 0. The van der Waals surface area contributed by atoms with E-state index in [4.69, 9.17) is 0 Å². The third kappa shape index (κ3) is 8.09. The fraction of sp³-hybridized carbons (Fsp3) is 0. The van der Waals surface area contributed by atoms with Crippen LogP contribution in [0.3, 0.4) is 0 Å². The molecule has 0 saturated carbocycles. The van der Waals surface area contributed by atoms with Gasteiger partial charge >= 0.3 is 0 Å². The SMILES string of the molecule is N#Cc1ccc(-c2ccc3c4ccc(-c5ccc(C#N)cc5C#N)cc4n(-c4ccc(C#N)c(-c5cc(-n6c7cc(-c8ccc(C#N)cc8C#N)ccc7c7ccc(-c8ccc(C#N)cc8C#N)cc76)ccc5C#N)c4)c3c2)c(C#N)c1. The van der Waals surface area contributed by atoms with Crippen LogP contribution in [0.5, 0.6) is 0 Å². The molecule has 10 aromatic carbocycles. The second kappa shape index (κ2) is 20.0. The molecule has 0 bridgehead atoms. The van der Waals surface area contributed by atoms with Crippen LogP contribution in [0.15, 0.2) is 182 Å². The first-order valence-corrected chi connectivity index (χ1v) is 25.2. The van der Waals surface area contributed by atoms with Crippen molar-refractivity contribution in [2.45, 2.75) is 0 Å². The van der Waals surface area contributed by atoms with Gasteiger partial charge in [0.25, 0.3) is 0 Å². The van der Waals surface area contributed by atoms with Crippen molar-refractivity contribution in [3.63, 3.8) is 0 Å². The quantitative estimate of drug-likeness (QED) is 0.146. The maximum atomic E-state index is 11.0. The van der Waals surface area contributed by atoms with Gasteiger partial charge in [0.2, 0.25) is 0 Å². The molecule has 0 saturated heterocycles. The highest BCUT2D eigenvalue weighted by Crippen LogP contribution is 2.43. The smallest absolute Gasteiger partial charge is 0.0998 e. The van der Waals surface area contributed by atoms with Gasteiger partial charge in [-0.1, -0.05) is 72.8 Å². The van der Waals surface area contributed by atoms with E-state index in [0.29, 0.717) is 112 Å². The zero-order valence-corrected chi connectivity index (χ0v) is 42.7. The van der Waals surface area contributed by atoms with Gasteiger partial charge in [-0.3, -0.25) is 0 Å². The van der Waals surface area contributed by atoms with Gasteiger partial charge in [0.1, 0.15) is 0 Å². The molecule has 0 aliphatic heterocycles. The molecule has 0 unspecified atom stereocenters. The summed E-state index contributed by atoms with van der Waals surface area (Å²) in [7, 11) is 0. The van der Waals surface area contributed by atoms with Crippen LogP contribution in [0, 0.1) is 113 Å². The fourth-order valence-corrected chi connectivity index (χ4v) is 11.1. The number of benzene rings is 10. The normalized spacial score (nSPS) is 10.6. The number of aromatic nitrogens is 2. The molecule has 0 aliphatic carbocycles. The van der Waals surface area contributed by atoms with Crippen molar-refractivity contribution in [1.29, 1.82) is 52.6 Å². The summed E-state index contributed by atoms with van der Waals surface area (Å²) in [6.07, 6.45) is 0. The number of hydrogen-bond donors (Lipinski definition) is 0. The van der Waals surface area contributed by atoms with E-state index in [9.17, 15) is 52.6 Å². The summed E-state index contributed by atoms with van der Waals surface area (Å²) in [4.78, 5) is 0. The van der Waals surface area contributed by atoms with Gasteiger partial charge in [0, 0.05) is 44.0 Å². The first-order chi connectivity index (χ1) is 40.2. The van der Waals surface area contributed by atoms with E-state index in [2.05, 4.69) is 60.7 Å². The van der Waals surface area contributed by atoms with Crippen molar-refractivity contribution in [2.75, 3.05) is 0 Å². The molecule has 0 spiro atoms. The van der Waals surface area contributed by atoms with E-state index in [1.54, 1.807) is 84.9 Å². The highest BCUT2D eigenvalue weighted by atomic mass is 15.0. The van der Waals surface area contributed by atoms with Crippen LogP contribution >= 0.6 is 0 Å². The standard InChI is InChI=1S/C70H30N12/c71-31-41-1-13-57(51(21-41)37-77)45-7-17-61-62-18-8-46(58-14-2-42(32-72)22-52(58)38-78)26-68(62)81(67(61)25-45)55-11-5-49(35-75)65(29-55)66-30-56(12-6-50(66)36-76)82-69-27-47(59-15-3-43(33-73)23-53(59)39-79)9-19-63(69)64-20-10-48(28-70(64)82)60-16-4-44(34-74)24-54(60)40-80/h1-30H. The van der Waals surface area contributed by atoms with Crippen LogP contribution in [-0.2, 0) is 0 Å². The van der Waals surface area contributed by atoms with Crippen LogP contribution in [-0.4, -0.2) is 9.13 Å². The van der Waals surface area contributed by atoms with E-state index in [1.807, 2.05) is 106 Å². The van der Waals surface area contributed by atoms with E-state index < -0.39 is 0 Å². The number of nitriles is 10. The van der Waals surface area contributed by atoms with Crippen LogP contribution in [0.2, 0.25) is 0 Å². The van der Waals surface area contributed by atoms with Crippen molar-refractivity contribution >= 4 is 43.6 Å². The molecule has 0 amide bonds. The van der Waals surface area contributed by atoms with Crippen LogP contribution in [0.25, 0.3) is 111 Å². The average molecular weight is 1040 g/mol. The van der Waals surface area contributed by atoms with Crippen molar-refractivity contribution in [3.05, 3.63) is 238 Å². The maximum Gasteiger partial charge on any atom is 0.0998 e. The molecular weight excluding hydrogens is 1010 g/mol. The summed E-state index contributed by atoms with van der Waals surface area (Å²) in [6.45, 7) is 0. The summed E-state index contributed by atoms with van der Waals surface area (Å²) in [6, 6.07) is 76.3. The Labute approximate surface area is 468 Å². The Morgan fingerprint density at radius 1 is 0.207 bits per heavy atom. The maximum absolute atomic E-state index is 11.0. The second-order valence-corrected chi connectivity index (χ2v) is 19.2. The lowest BCUT2D eigenvalue weighted by molar-refractivity contribution is 1.17. The van der Waals surface area contributed by atoms with Gasteiger partial charge in [-0.05, 0) is 154 Å². The van der Waals surface area contributed by atoms with Crippen LogP contribution in [0.1, 0.15) is 55.6 Å². The molecule has 12 heteroatoms. The predicted octanol–water partition coefficient (Wildman–Crippen LogP) is 14.9. The third-order valence-electron chi connectivity index (χ3n) is 14.9. The molecule has 0 aliphatic rings. The molecule has 0 radical (unpaired) electrons. The Morgan fingerprint density at radius 2 is 0.463 bits per heavy atom. The van der Waals surface area contributed by atoms with Crippen LogP contribution in [0.4, 0.5) is 0 Å². The van der Waals surface area contributed by atoms with Crippen molar-refractivity contribution in [2.24, 2.45) is 0 Å². The molecule has 0 N–H and O–H groups in total. The molecule has 12 rings (SSSR count). The molecule has 82 heavy (non-hydrogen) atoms. The highest BCUT2D eigenvalue weighted by molar-refractivity contribution is 6.13. The zero-order valence-electron chi connectivity index (χ0n) is 42.7. The van der Waals surface area contributed by atoms with Gasteiger partial charge in [-0.15, -0.1) is 0 Å². The lowest BCUT2D eigenvalue weighted by atomic mass is 9.94. The van der Waals surface area contributed by atoms with E-state index in [0.717, 1.165) is 43.6 Å². The molecule has 2 aromatic heterocycles. The molecule has 12 nitrogen and oxygen atoms in total. The van der Waals surface area contributed by atoms with Gasteiger partial charge < -0.3 is 9.13 Å². The van der Waals surface area contributed by atoms with E-state index >= 15 is 0 Å². The van der Waals surface area contributed by atoms with Crippen LogP contribution < -0.4 is 0 Å². The van der Waals surface area contributed by atoms with E-state index in [1.165, 1.54) is 0 Å². The summed E-state index contributed by atoms with van der Waals surface area (Å²) in [5, 5.41) is 105. The lowest BCUT2D eigenvalue weighted by Gasteiger charge is -2.16. The monoisotopic (exact) mass is 1040 g/mol. The largest absolute Gasteiger partial charge is 0.309 e. The summed E-state index contributed by atoms with van der Waals surface area (Å²) in [5.74, 6) is 0. The topological polar surface area (TPSA) is 248 Å².